The van der Waals surface area contributed by atoms with Gasteiger partial charge in [-0.15, -0.1) is 0 Å². The van der Waals surface area contributed by atoms with Crippen LogP contribution in [0.4, 0.5) is 4.79 Å². The number of fused-ring (bicyclic) bond motifs is 1. The third-order valence-corrected chi connectivity index (χ3v) is 4.86. The maximum Gasteiger partial charge on any atom is 0.317 e. The van der Waals surface area contributed by atoms with Gasteiger partial charge in [0.1, 0.15) is 17.1 Å². The number of ether oxygens (including phenoxy) is 2. The van der Waals surface area contributed by atoms with Crippen molar-refractivity contribution in [3.63, 3.8) is 0 Å². The zero-order valence-electron chi connectivity index (χ0n) is 15.8. The second-order valence-electron chi connectivity index (χ2n) is 7.96. The second kappa shape index (κ2) is 6.70. The fourth-order valence-electron chi connectivity index (χ4n) is 3.45. The summed E-state index contributed by atoms with van der Waals surface area (Å²) in [6, 6.07) is 5.49. The smallest absolute Gasteiger partial charge is 0.317 e. The van der Waals surface area contributed by atoms with Gasteiger partial charge in [0, 0.05) is 24.6 Å². The molecule has 0 bridgehead atoms. The number of hydrogen-bond acceptors (Lipinski definition) is 4. The van der Waals surface area contributed by atoms with Crippen molar-refractivity contribution < 1.29 is 19.1 Å². The lowest BCUT2D eigenvalue weighted by molar-refractivity contribution is -0.119. The maximum atomic E-state index is 12.8. The summed E-state index contributed by atoms with van der Waals surface area (Å²) in [6.45, 7) is 7.19. The second-order valence-corrected chi connectivity index (χ2v) is 7.96. The van der Waals surface area contributed by atoms with Crippen molar-refractivity contribution in [3.8, 4) is 11.5 Å². The number of nitrogens with zero attached hydrogens (tertiary/aromatic N) is 1. The van der Waals surface area contributed by atoms with Crippen molar-refractivity contribution in [2.45, 2.75) is 51.3 Å². The average molecular weight is 361 g/mol. The van der Waals surface area contributed by atoms with Gasteiger partial charge in [0.2, 0.25) is 5.91 Å². The fraction of sp³-hybridized carbons (Fsp3) is 0.579. The van der Waals surface area contributed by atoms with Crippen molar-refractivity contribution in [3.05, 3.63) is 23.8 Å². The third-order valence-electron chi connectivity index (χ3n) is 4.86. The van der Waals surface area contributed by atoms with E-state index in [0.717, 1.165) is 23.5 Å². The Morgan fingerprint density at radius 3 is 2.81 bits per heavy atom. The summed E-state index contributed by atoms with van der Waals surface area (Å²) >= 11 is 0. The van der Waals surface area contributed by atoms with E-state index in [1.165, 1.54) is 0 Å². The molecule has 1 fully saturated rings. The van der Waals surface area contributed by atoms with Gasteiger partial charge in [-0.2, -0.15) is 0 Å². The molecule has 2 N–H and O–H groups in total. The van der Waals surface area contributed by atoms with E-state index >= 15 is 0 Å². The van der Waals surface area contributed by atoms with Crippen molar-refractivity contribution in [2.24, 2.45) is 0 Å². The van der Waals surface area contributed by atoms with E-state index in [-0.39, 0.29) is 17.5 Å². The molecular formula is C19H27N3O4. The van der Waals surface area contributed by atoms with Crippen molar-refractivity contribution in [2.75, 3.05) is 20.2 Å². The van der Waals surface area contributed by atoms with E-state index in [4.69, 9.17) is 9.47 Å². The van der Waals surface area contributed by atoms with E-state index in [0.29, 0.717) is 26.1 Å². The monoisotopic (exact) mass is 361 g/mol. The Morgan fingerprint density at radius 1 is 1.38 bits per heavy atom. The molecule has 0 unspecified atom stereocenters. The molecule has 3 rings (SSSR count). The fourth-order valence-corrected chi connectivity index (χ4v) is 3.45. The quantitative estimate of drug-likeness (QED) is 0.863. The van der Waals surface area contributed by atoms with E-state index in [1.807, 2.05) is 39.0 Å². The molecule has 1 atom stereocenters. The van der Waals surface area contributed by atoms with Crippen LogP contribution in [0.25, 0.3) is 0 Å². The van der Waals surface area contributed by atoms with Crippen molar-refractivity contribution in [1.29, 1.82) is 0 Å². The highest BCUT2D eigenvalue weighted by Crippen LogP contribution is 2.32. The Balaban J connectivity index is 1.72. The highest BCUT2D eigenvalue weighted by atomic mass is 16.5. The molecule has 1 aromatic rings. The van der Waals surface area contributed by atoms with Gasteiger partial charge in [0.25, 0.3) is 0 Å². The lowest BCUT2D eigenvalue weighted by Gasteiger charge is -2.31. The molecule has 3 amide bonds. The number of hydrogen-bond donors (Lipinski definition) is 2. The molecule has 7 heteroatoms. The topological polar surface area (TPSA) is 79.9 Å². The number of rotatable bonds is 3. The van der Waals surface area contributed by atoms with Crippen LogP contribution in [0.15, 0.2) is 18.2 Å². The molecule has 0 aromatic heterocycles. The zero-order chi connectivity index (χ0) is 18.9. The molecule has 2 aliphatic heterocycles. The van der Waals surface area contributed by atoms with Gasteiger partial charge in [-0.05, 0) is 39.3 Å². The summed E-state index contributed by atoms with van der Waals surface area (Å²) < 4.78 is 11.4. The predicted molar refractivity (Wildman–Crippen MR) is 97.3 cm³/mol. The SMILES string of the molecule is COc1ccc2c(c1)OC(C)(C)CN(C(=O)NC[C@@]1(C)CCC(=O)N1)C2. The lowest BCUT2D eigenvalue weighted by atomic mass is 10.0. The number of nitrogens with one attached hydrogen (secondary N) is 2. The first kappa shape index (κ1) is 18.4. The third kappa shape index (κ3) is 4.03. The minimum Gasteiger partial charge on any atom is -0.497 e. The molecule has 0 spiro atoms. The molecule has 0 radical (unpaired) electrons. The van der Waals surface area contributed by atoms with Crippen LogP contribution in [0.3, 0.4) is 0 Å². The Kier molecular flexibility index (Phi) is 4.73. The van der Waals surface area contributed by atoms with Gasteiger partial charge < -0.3 is 25.0 Å². The Morgan fingerprint density at radius 2 is 2.15 bits per heavy atom. The number of benzene rings is 1. The number of amides is 3. The summed E-state index contributed by atoms with van der Waals surface area (Å²) in [5.74, 6) is 1.50. The van der Waals surface area contributed by atoms with Gasteiger partial charge in [0.15, 0.2) is 0 Å². The molecule has 2 heterocycles. The predicted octanol–water partition coefficient (Wildman–Crippen LogP) is 2.05. The average Bonchev–Trinajstić information content (AvgIpc) is 2.84. The number of carbonyl (C=O) groups excluding carboxylic acids is 2. The van der Waals surface area contributed by atoms with Crippen LogP contribution in [-0.2, 0) is 11.3 Å². The van der Waals surface area contributed by atoms with Crippen molar-refractivity contribution >= 4 is 11.9 Å². The number of carbonyl (C=O) groups is 2. The molecule has 1 saturated heterocycles. The highest BCUT2D eigenvalue weighted by Gasteiger charge is 2.35. The Labute approximate surface area is 154 Å². The summed E-state index contributed by atoms with van der Waals surface area (Å²) in [5, 5.41) is 5.90. The van der Waals surface area contributed by atoms with Crippen molar-refractivity contribution in [1.82, 2.24) is 15.5 Å². The van der Waals surface area contributed by atoms with E-state index in [2.05, 4.69) is 10.6 Å². The molecule has 2 aliphatic rings. The van der Waals surface area contributed by atoms with Gasteiger partial charge >= 0.3 is 6.03 Å². The van der Waals surface area contributed by atoms with Crippen LogP contribution < -0.4 is 20.1 Å². The van der Waals surface area contributed by atoms with E-state index in [9.17, 15) is 9.59 Å². The van der Waals surface area contributed by atoms with Gasteiger partial charge in [-0.3, -0.25) is 4.79 Å². The highest BCUT2D eigenvalue weighted by molar-refractivity contribution is 5.80. The molecule has 7 nitrogen and oxygen atoms in total. The van der Waals surface area contributed by atoms with Gasteiger partial charge in [0.05, 0.1) is 25.7 Å². The summed E-state index contributed by atoms with van der Waals surface area (Å²) in [6.07, 6.45) is 1.23. The van der Waals surface area contributed by atoms with Crippen LogP contribution in [0.1, 0.15) is 39.2 Å². The van der Waals surface area contributed by atoms with E-state index in [1.54, 1.807) is 12.0 Å². The van der Waals surface area contributed by atoms with Crippen LogP contribution in [0.2, 0.25) is 0 Å². The van der Waals surface area contributed by atoms with Gasteiger partial charge in [-0.1, -0.05) is 0 Å². The molecule has 1 aromatic carbocycles. The first-order valence-corrected chi connectivity index (χ1v) is 8.89. The lowest BCUT2D eigenvalue weighted by Crippen LogP contribution is -2.53. The first-order chi connectivity index (χ1) is 12.2. The molecule has 142 valence electrons. The molecule has 0 aliphatic carbocycles. The summed E-state index contributed by atoms with van der Waals surface area (Å²) in [4.78, 5) is 26.0. The maximum absolute atomic E-state index is 12.8. The normalized spacial score (nSPS) is 24.2. The summed E-state index contributed by atoms with van der Waals surface area (Å²) in [7, 11) is 1.62. The Hall–Kier alpha value is -2.44. The molecular weight excluding hydrogens is 334 g/mol. The number of methoxy groups -OCH3 is 1. The number of urea groups is 1. The standard InChI is InChI=1S/C19H27N3O4/c1-18(2)12-22(10-13-5-6-14(25-4)9-15(13)26-18)17(24)20-11-19(3)8-7-16(23)21-19/h5-6,9H,7-8,10-12H2,1-4H3,(H,20,24)(H,21,23)/t19-/m1/s1. The van der Waals surface area contributed by atoms with Crippen LogP contribution in [-0.4, -0.2) is 48.2 Å². The zero-order valence-corrected chi connectivity index (χ0v) is 15.8. The minimum atomic E-state index is -0.527. The van der Waals surface area contributed by atoms with Crippen LogP contribution in [0.5, 0.6) is 11.5 Å². The van der Waals surface area contributed by atoms with E-state index < -0.39 is 5.60 Å². The van der Waals surface area contributed by atoms with Crippen LogP contribution >= 0.6 is 0 Å². The molecule has 0 saturated carbocycles. The van der Waals surface area contributed by atoms with Crippen LogP contribution in [0, 0.1) is 0 Å². The first-order valence-electron chi connectivity index (χ1n) is 8.89. The minimum absolute atomic E-state index is 0.0360. The Bertz CT molecular complexity index is 719. The summed E-state index contributed by atoms with van der Waals surface area (Å²) in [5.41, 5.74) is 0.0305. The largest absolute Gasteiger partial charge is 0.497 e. The van der Waals surface area contributed by atoms with Gasteiger partial charge in [-0.25, -0.2) is 4.79 Å². The molecule has 26 heavy (non-hydrogen) atoms.